The fraction of sp³-hybridized carbons (Fsp3) is 0.586. The molecule has 1 aromatic carbocycles. The highest BCUT2D eigenvalue weighted by Crippen LogP contribution is 2.29. The van der Waals surface area contributed by atoms with Gasteiger partial charge in [0.25, 0.3) is 0 Å². The Kier molecular flexibility index (Phi) is 7.09. The summed E-state index contributed by atoms with van der Waals surface area (Å²) in [6.45, 7) is 8.64. The van der Waals surface area contributed by atoms with Gasteiger partial charge in [-0.2, -0.15) is 0 Å². The number of carbonyl (C=O) groups is 1. The quantitative estimate of drug-likeness (QED) is 0.555. The minimum absolute atomic E-state index is 0.00994. The van der Waals surface area contributed by atoms with Crippen molar-refractivity contribution in [3.05, 3.63) is 47.5 Å². The van der Waals surface area contributed by atoms with Crippen molar-refractivity contribution in [1.29, 1.82) is 0 Å². The van der Waals surface area contributed by atoms with Crippen molar-refractivity contribution in [2.45, 2.75) is 65.0 Å². The maximum Gasteiger partial charge on any atom is 0.224 e. The van der Waals surface area contributed by atoms with E-state index in [1.165, 1.54) is 30.4 Å². The van der Waals surface area contributed by atoms with E-state index in [1.54, 1.807) is 6.33 Å². The van der Waals surface area contributed by atoms with Crippen LogP contribution in [0.25, 0.3) is 11.2 Å². The zero-order valence-electron chi connectivity index (χ0n) is 22.0. The Morgan fingerprint density at radius 1 is 1.00 bits per heavy atom. The van der Waals surface area contributed by atoms with E-state index in [2.05, 4.69) is 60.8 Å². The summed E-state index contributed by atoms with van der Waals surface area (Å²) in [6.07, 6.45) is 9.35. The number of amides is 1. The van der Waals surface area contributed by atoms with Gasteiger partial charge in [-0.15, -0.1) is 0 Å². The molecule has 37 heavy (non-hydrogen) atoms. The molecule has 196 valence electrons. The average molecular weight is 502 g/mol. The molecule has 2 aromatic heterocycles. The van der Waals surface area contributed by atoms with Gasteiger partial charge < -0.3 is 14.8 Å². The van der Waals surface area contributed by atoms with Crippen LogP contribution in [0.4, 0.5) is 5.82 Å². The second-order valence-corrected chi connectivity index (χ2v) is 11.3. The number of imidazole rings is 1. The van der Waals surface area contributed by atoms with E-state index in [0.29, 0.717) is 12.5 Å². The highest BCUT2D eigenvalue weighted by atomic mass is 16.1. The van der Waals surface area contributed by atoms with Gasteiger partial charge in [-0.1, -0.05) is 36.2 Å². The van der Waals surface area contributed by atoms with Crippen LogP contribution in [-0.4, -0.2) is 63.0 Å². The first-order chi connectivity index (χ1) is 18.1. The number of rotatable bonds is 6. The van der Waals surface area contributed by atoms with Gasteiger partial charge >= 0.3 is 0 Å². The number of hydrogen-bond acceptors (Lipinski definition) is 6. The lowest BCUT2D eigenvalue weighted by Gasteiger charge is -2.33. The maximum atomic E-state index is 13.2. The number of fused-ring (bicyclic) bond motifs is 3. The molecule has 2 fully saturated rings. The van der Waals surface area contributed by atoms with Gasteiger partial charge in [0.1, 0.15) is 12.2 Å². The summed E-state index contributed by atoms with van der Waals surface area (Å²) in [5.74, 6) is 2.73. The predicted octanol–water partition coefficient (Wildman–Crippen LogP) is 3.72. The number of nitrogens with one attached hydrogen (secondary N) is 1. The number of carbonyl (C=O) groups excluding carboxylic acids is 1. The topological polar surface area (TPSA) is 79.2 Å². The summed E-state index contributed by atoms with van der Waals surface area (Å²) >= 11 is 0. The monoisotopic (exact) mass is 501 g/mol. The molecule has 2 atom stereocenters. The molecule has 3 aliphatic rings. The summed E-state index contributed by atoms with van der Waals surface area (Å²) in [5.41, 5.74) is 4.52. The Bertz CT molecular complexity index is 1240. The molecule has 3 aliphatic heterocycles. The predicted molar refractivity (Wildman–Crippen MR) is 145 cm³/mol. The highest BCUT2D eigenvalue weighted by molar-refractivity contribution is 5.85. The van der Waals surface area contributed by atoms with Crippen molar-refractivity contribution >= 4 is 22.9 Å². The summed E-state index contributed by atoms with van der Waals surface area (Å²) < 4.78 is 2.28. The van der Waals surface area contributed by atoms with Crippen LogP contribution in [0, 0.1) is 18.8 Å². The highest BCUT2D eigenvalue weighted by Gasteiger charge is 2.30. The van der Waals surface area contributed by atoms with Gasteiger partial charge in [-0.05, 0) is 57.1 Å². The number of benzene rings is 1. The van der Waals surface area contributed by atoms with Gasteiger partial charge in [-0.25, -0.2) is 15.0 Å². The van der Waals surface area contributed by atoms with Gasteiger partial charge in [-0.3, -0.25) is 9.69 Å². The van der Waals surface area contributed by atoms with E-state index in [9.17, 15) is 4.79 Å². The number of likely N-dealkylation sites (tertiary alicyclic amines) is 1. The lowest BCUT2D eigenvalue weighted by molar-refractivity contribution is -0.125. The molecule has 1 N–H and O–H groups in total. The number of piperidine rings is 1. The second kappa shape index (κ2) is 10.8. The van der Waals surface area contributed by atoms with E-state index in [0.717, 1.165) is 87.8 Å². The van der Waals surface area contributed by atoms with Crippen molar-refractivity contribution < 1.29 is 4.79 Å². The molecule has 0 spiro atoms. The first-order valence-electron chi connectivity index (χ1n) is 14.1. The zero-order valence-corrected chi connectivity index (χ0v) is 22.0. The minimum Gasteiger partial charge on any atom is -0.355 e. The van der Waals surface area contributed by atoms with Crippen LogP contribution in [0.15, 0.2) is 30.6 Å². The molecule has 5 heterocycles. The summed E-state index contributed by atoms with van der Waals surface area (Å²) in [7, 11) is 0. The summed E-state index contributed by atoms with van der Waals surface area (Å²) in [5, 5.41) is 3.30. The van der Waals surface area contributed by atoms with E-state index in [1.807, 2.05) is 0 Å². The Morgan fingerprint density at radius 3 is 2.78 bits per heavy atom. The Balaban J connectivity index is 1.05. The SMILES string of the molecule is Cc1ccc(CN2CC[C@H](CNC(=O)[C@@H]3CCCN(c4ncnc5c4nc4n5CCCCC4)C3)C2)cc1. The van der Waals surface area contributed by atoms with Crippen LogP contribution in [0.3, 0.4) is 0 Å². The van der Waals surface area contributed by atoms with Gasteiger partial charge in [0, 0.05) is 45.7 Å². The van der Waals surface area contributed by atoms with Crippen LogP contribution in [0.1, 0.15) is 55.5 Å². The molecule has 0 bridgehead atoms. The minimum atomic E-state index is -0.00994. The Hall–Kier alpha value is -3.00. The molecular formula is C29H39N7O. The lowest BCUT2D eigenvalue weighted by Crippen LogP contribution is -2.44. The van der Waals surface area contributed by atoms with Gasteiger partial charge in [0.15, 0.2) is 17.0 Å². The van der Waals surface area contributed by atoms with E-state index in [4.69, 9.17) is 4.98 Å². The molecule has 8 heteroatoms. The van der Waals surface area contributed by atoms with Gasteiger partial charge in [0.2, 0.25) is 5.91 Å². The van der Waals surface area contributed by atoms with Crippen LogP contribution in [-0.2, 0) is 24.3 Å². The van der Waals surface area contributed by atoms with Crippen LogP contribution in [0.5, 0.6) is 0 Å². The van der Waals surface area contributed by atoms with Crippen molar-refractivity contribution in [2.24, 2.45) is 11.8 Å². The smallest absolute Gasteiger partial charge is 0.224 e. The molecule has 2 saturated heterocycles. The molecule has 3 aromatic rings. The molecule has 1 amide bonds. The fourth-order valence-corrected chi connectivity index (χ4v) is 6.30. The van der Waals surface area contributed by atoms with Crippen molar-refractivity contribution in [2.75, 3.05) is 37.6 Å². The first kappa shape index (κ1) is 24.3. The zero-order chi connectivity index (χ0) is 25.2. The number of anilines is 1. The summed E-state index contributed by atoms with van der Waals surface area (Å²) in [6, 6.07) is 8.83. The number of hydrogen-bond donors (Lipinski definition) is 1. The third-order valence-electron chi connectivity index (χ3n) is 8.43. The third kappa shape index (κ3) is 5.35. The molecule has 0 aliphatic carbocycles. The van der Waals surface area contributed by atoms with Crippen molar-refractivity contribution in [3.8, 4) is 0 Å². The maximum absolute atomic E-state index is 13.2. The molecule has 6 rings (SSSR count). The van der Waals surface area contributed by atoms with Crippen LogP contribution >= 0.6 is 0 Å². The summed E-state index contributed by atoms with van der Waals surface area (Å²) in [4.78, 5) is 32.2. The third-order valence-corrected chi connectivity index (χ3v) is 8.43. The molecule has 0 radical (unpaired) electrons. The number of nitrogens with zero attached hydrogens (tertiary/aromatic N) is 6. The Labute approximate surface area is 219 Å². The van der Waals surface area contributed by atoms with E-state index >= 15 is 0 Å². The molecule has 8 nitrogen and oxygen atoms in total. The number of aryl methyl sites for hydroxylation is 3. The second-order valence-electron chi connectivity index (χ2n) is 11.3. The van der Waals surface area contributed by atoms with E-state index in [-0.39, 0.29) is 11.8 Å². The van der Waals surface area contributed by atoms with Crippen LogP contribution < -0.4 is 10.2 Å². The molecule has 0 saturated carbocycles. The standard InChI is InChI=1S/C29H39N7O/c1-21-8-10-22(11-9-21)17-34-15-12-23(18-34)16-30-29(37)24-6-5-13-35(19-24)27-26-28(32-20-31-27)36-14-4-2-3-7-25(36)33-26/h8-11,20,23-24H,2-7,12-19H2,1H3,(H,30,37)/t23-,24-/m1/s1. The largest absolute Gasteiger partial charge is 0.355 e. The van der Waals surface area contributed by atoms with E-state index < -0.39 is 0 Å². The molecule has 0 unspecified atom stereocenters. The normalized spacial score (nSPS) is 22.7. The fourth-order valence-electron chi connectivity index (χ4n) is 6.30. The van der Waals surface area contributed by atoms with Gasteiger partial charge in [0.05, 0.1) is 5.92 Å². The first-order valence-corrected chi connectivity index (χ1v) is 14.1. The van der Waals surface area contributed by atoms with Crippen LogP contribution in [0.2, 0.25) is 0 Å². The Morgan fingerprint density at radius 2 is 1.89 bits per heavy atom. The molecular weight excluding hydrogens is 462 g/mol. The lowest BCUT2D eigenvalue weighted by atomic mass is 9.96. The van der Waals surface area contributed by atoms with Crippen molar-refractivity contribution in [1.82, 2.24) is 29.7 Å². The number of aromatic nitrogens is 4. The average Bonchev–Trinajstić information content (AvgIpc) is 3.44. The van der Waals surface area contributed by atoms with Crippen molar-refractivity contribution in [3.63, 3.8) is 0 Å².